The summed E-state index contributed by atoms with van der Waals surface area (Å²) in [5.74, 6) is -1.66. The van der Waals surface area contributed by atoms with E-state index in [2.05, 4.69) is 15.3 Å². The van der Waals surface area contributed by atoms with Crippen LogP contribution in [0.4, 0.5) is 30.6 Å². The maximum absolute atomic E-state index is 13.8. The first-order valence-electron chi connectivity index (χ1n) is 7.24. The smallest absolute Gasteiger partial charge is 0.227 e. The third-order valence-corrected chi connectivity index (χ3v) is 3.80. The number of rotatable bonds is 3. The molecule has 1 N–H and O–H groups in total. The molecule has 1 aliphatic rings. The maximum Gasteiger partial charge on any atom is 0.227 e. The van der Waals surface area contributed by atoms with Crippen LogP contribution in [0.25, 0.3) is 0 Å². The Morgan fingerprint density at radius 1 is 1.00 bits per heavy atom. The molecule has 3 rings (SSSR count). The minimum Gasteiger partial charge on any atom is -0.371 e. The molecule has 1 saturated heterocycles. The van der Waals surface area contributed by atoms with E-state index in [-0.39, 0.29) is 11.5 Å². The van der Waals surface area contributed by atoms with Gasteiger partial charge >= 0.3 is 0 Å². The van der Waals surface area contributed by atoms with Crippen LogP contribution in [0.1, 0.15) is 0 Å². The molecule has 0 saturated carbocycles. The summed E-state index contributed by atoms with van der Waals surface area (Å²) >= 11 is 0. The van der Waals surface area contributed by atoms with Gasteiger partial charge in [0.05, 0.1) is 11.9 Å². The minimum atomic E-state index is -0.856. The second-order valence-corrected chi connectivity index (χ2v) is 5.16. The average Bonchev–Trinajstić information content (AvgIpc) is 2.58. The van der Waals surface area contributed by atoms with Crippen LogP contribution in [0, 0.1) is 17.5 Å². The van der Waals surface area contributed by atoms with Gasteiger partial charge in [0.1, 0.15) is 0 Å². The number of halogens is 3. The SMILES string of the molecule is CNc1nc(N2CCN(c3cccc(F)c3F)CC2)ncc1F. The summed E-state index contributed by atoms with van der Waals surface area (Å²) in [6, 6.07) is 4.14. The fourth-order valence-electron chi connectivity index (χ4n) is 2.57. The zero-order chi connectivity index (χ0) is 16.4. The predicted octanol–water partition coefficient (Wildman–Crippen LogP) is 2.26. The van der Waals surface area contributed by atoms with Gasteiger partial charge in [0.25, 0.3) is 0 Å². The first kappa shape index (κ1) is 15.4. The van der Waals surface area contributed by atoms with Gasteiger partial charge in [-0.15, -0.1) is 0 Å². The van der Waals surface area contributed by atoms with Crippen LogP contribution in [-0.4, -0.2) is 43.2 Å². The van der Waals surface area contributed by atoms with E-state index in [1.54, 1.807) is 18.0 Å². The lowest BCUT2D eigenvalue weighted by atomic mass is 10.2. The van der Waals surface area contributed by atoms with Gasteiger partial charge in [0.15, 0.2) is 23.3 Å². The highest BCUT2D eigenvalue weighted by Crippen LogP contribution is 2.24. The van der Waals surface area contributed by atoms with Crippen LogP contribution in [0.5, 0.6) is 0 Å². The van der Waals surface area contributed by atoms with Crippen molar-refractivity contribution in [3.8, 4) is 0 Å². The average molecular weight is 323 g/mol. The van der Waals surface area contributed by atoms with E-state index in [9.17, 15) is 13.2 Å². The summed E-state index contributed by atoms with van der Waals surface area (Å²) in [7, 11) is 1.58. The molecule has 2 aromatic rings. The molecule has 1 fully saturated rings. The summed E-state index contributed by atoms with van der Waals surface area (Å²) in [4.78, 5) is 11.8. The molecule has 5 nitrogen and oxygen atoms in total. The molecule has 23 heavy (non-hydrogen) atoms. The molecule has 0 unspecified atom stereocenters. The molecule has 0 radical (unpaired) electrons. The maximum atomic E-state index is 13.8. The molecule has 1 aliphatic heterocycles. The van der Waals surface area contributed by atoms with E-state index in [0.717, 1.165) is 12.3 Å². The molecule has 0 aliphatic carbocycles. The number of anilines is 3. The van der Waals surface area contributed by atoms with Crippen LogP contribution in [0.3, 0.4) is 0 Å². The van der Waals surface area contributed by atoms with Gasteiger partial charge in [-0.3, -0.25) is 0 Å². The Bertz CT molecular complexity index is 702. The number of piperazine rings is 1. The summed E-state index contributed by atoms with van der Waals surface area (Å²) in [6.45, 7) is 2.06. The number of aromatic nitrogens is 2. The normalized spacial score (nSPS) is 15.0. The summed E-state index contributed by atoms with van der Waals surface area (Å²) in [6.07, 6.45) is 1.12. The van der Waals surface area contributed by atoms with Gasteiger partial charge in [0, 0.05) is 33.2 Å². The first-order chi connectivity index (χ1) is 11.1. The van der Waals surface area contributed by atoms with E-state index in [1.165, 1.54) is 6.07 Å². The van der Waals surface area contributed by atoms with Crippen LogP contribution in [0.15, 0.2) is 24.4 Å². The highest BCUT2D eigenvalue weighted by molar-refractivity contribution is 5.50. The topological polar surface area (TPSA) is 44.3 Å². The molecule has 122 valence electrons. The van der Waals surface area contributed by atoms with Crippen LogP contribution in [-0.2, 0) is 0 Å². The summed E-state index contributed by atoms with van der Waals surface area (Å²) < 4.78 is 40.6. The van der Waals surface area contributed by atoms with E-state index in [1.807, 2.05) is 4.90 Å². The number of benzene rings is 1. The third kappa shape index (κ3) is 3.01. The van der Waals surface area contributed by atoms with Gasteiger partial charge in [-0.25, -0.2) is 18.2 Å². The molecule has 0 atom stereocenters. The second kappa shape index (κ2) is 6.31. The molecule has 0 spiro atoms. The molecule has 1 aromatic carbocycles. The molecule has 8 heteroatoms. The Kier molecular flexibility index (Phi) is 4.22. The lowest BCUT2D eigenvalue weighted by Gasteiger charge is -2.36. The minimum absolute atomic E-state index is 0.133. The Hall–Kier alpha value is -2.51. The van der Waals surface area contributed by atoms with E-state index < -0.39 is 17.5 Å². The quantitative estimate of drug-likeness (QED) is 0.939. The predicted molar refractivity (Wildman–Crippen MR) is 82.3 cm³/mol. The molecule has 0 bridgehead atoms. The third-order valence-electron chi connectivity index (χ3n) is 3.80. The first-order valence-corrected chi connectivity index (χ1v) is 7.24. The summed E-state index contributed by atoms with van der Waals surface area (Å²) in [5.41, 5.74) is 0.251. The van der Waals surface area contributed by atoms with Crippen molar-refractivity contribution >= 4 is 17.5 Å². The lowest BCUT2D eigenvalue weighted by Crippen LogP contribution is -2.47. The van der Waals surface area contributed by atoms with Crippen molar-refractivity contribution in [1.82, 2.24) is 9.97 Å². The van der Waals surface area contributed by atoms with Gasteiger partial charge in [-0.05, 0) is 12.1 Å². The van der Waals surface area contributed by atoms with Crippen molar-refractivity contribution in [2.24, 2.45) is 0 Å². The van der Waals surface area contributed by atoms with Gasteiger partial charge in [-0.1, -0.05) is 6.07 Å². The zero-order valence-electron chi connectivity index (χ0n) is 12.6. The number of hydrogen-bond donors (Lipinski definition) is 1. The second-order valence-electron chi connectivity index (χ2n) is 5.16. The van der Waals surface area contributed by atoms with Crippen molar-refractivity contribution in [3.63, 3.8) is 0 Å². The number of nitrogens with zero attached hydrogens (tertiary/aromatic N) is 4. The van der Waals surface area contributed by atoms with Crippen molar-refractivity contribution in [1.29, 1.82) is 0 Å². The number of nitrogens with one attached hydrogen (secondary N) is 1. The van der Waals surface area contributed by atoms with Crippen molar-refractivity contribution in [2.45, 2.75) is 0 Å². The Labute approximate surface area is 131 Å². The van der Waals surface area contributed by atoms with Gasteiger partial charge in [-0.2, -0.15) is 4.98 Å². The lowest BCUT2D eigenvalue weighted by molar-refractivity contribution is 0.502. The highest BCUT2D eigenvalue weighted by atomic mass is 19.2. The Balaban J connectivity index is 1.72. The van der Waals surface area contributed by atoms with E-state index in [4.69, 9.17) is 0 Å². The summed E-state index contributed by atoms with van der Waals surface area (Å²) in [5, 5.41) is 2.67. The van der Waals surface area contributed by atoms with E-state index in [0.29, 0.717) is 32.1 Å². The standard InChI is InChI=1S/C15H16F3N5/c1-19-14-11(17)9-20-15(21-14)23-7-5-22(6-8-23)12-4-2-3-10(16)13(12)18/h2-4,9H,5-8H2,1H3,(H,19,20,21). The Morgan fingerprint density at radius 3 is 2.39 bits per heavy atom. The largest absolute Gasteiger partial charge is 0.371 e. The van der Waals surface area contributed by atoms with Gasteiger partial charge < -0.3 is 15.1 Å². The van der Waals surface area contributed by atoms with Crippen LogP contribution in [0.2, 0.25) is 0 Å². The molecular formula is C15H16F3N5. The van der Waals surface area contributed by atoms with Crippen molar-refractivity contribution < 1.29 is 13.2 Å². The highest BCUT2D eigenvalue weighted by Gasteiger charge is 2.22. The molecule has 0 amide bonds. The van der Waals surface area contributed by atoms with E-state index >= 15 is 0 Å². The van der Waals surface area contributed by atoms with Crippen molar-refractivity contribution in [2.75, 3.05) is 48.3 Å². The van der Waals surface area contributed by atoms with Crippen LogP contribution < -0.4 is 15.1 Å². The molecular weight excluding hydrogens is 307 g/mol. The van der Waals surface area contributed by atoms with Crippen LogP contribution >= 0.6 is 0 Å². The number of hydrogen-bond acceptors (Lipinski definition) is 5. The zero-order valence-corrected chi connectivity index (χ0v) is 12.6. The fraction of sp³-hybridized carbons (Fsp3) is 0.333. The van der Waals surface area contributed by atoms with Crippen molar-refractivity contribution in [3.05, 3.63) is 41.8 Å². The monoisotopic (exact) mass is 323 g/mol. The molecule has 1 aromatic heterocycles. The Morgan fingerprint density at radius 2 is 1.70 bits per heavy atom. The molecule has 2 heterocycles. The van der Waals surface area contributed by atoms with Gasteiger partial charge in [0.2, 0.25) is 5.95 Å². The fourth-order valence-corrected chi connectivity index (χ4v) is 2.57.